The van der Waals surface area contributed by atoms with Crippen LogP contribution in [0.2, 0.25) is 0 Å². The van der Waals surface area contributed by atoms with E-state index in [4.69, 9.17) is 5.73 Å². The van der Waals surface area contributed by atoms with Crippen molar-refractivity contribution in [3.05, 3.63) is 0 Å². The second kappa shape index (κ2) is 4.73. The van der Waals surface area contributed by atoms with Crippen LogP contribution in [0.25, 0.3) is 0 Å². The van der Waals surface area contributed by atoms with Crippen LogP contribution in [0.3, 0.4) is 0 Å². The van der Waals surface area contributed by atoms with Gasteiger partial charge in [0, 0.05) is 18.6 Å². The summed E-state index contributed by atoms with van der Waals surface area (Å²) in [5, 5.41) is 0. The van der Waals surface area contributed by atoms with Crippen LogP contribution in [0.4, 0.5) is 0 Å². The molecule has 2 nitrogen and oxygen atoms in total. The lowest BCUT2D eigenvalue weighted by Gasteiger charge is -2.58. The molecule has 0 aromatic carbocycles. The fourth-order valence-corrected chi connectivity index (χ4v) is 5.90. The summed E-state index contributed by atoms with van der Waals surface area (Å²) in [5.74, 6) is 4.08. The van der Waals surface area contributed by atoms with E-state index in [0.29, 0.717) is 6.04 Å². The first kappa shape index (κ1) is 13.9. The summed E-state index contributed by atoms with van der Waals surface area (Å²) < 4.78 is 0. The van der Waals surface area contributed by atoms with Crippen molar-refractivity contribution < 1.29 is 0 Å². The van der Waals surface area contributed by atoms with Gasteiger partial charge in [-0.2, -0.15) is 0 Å². The van der Waals surface area contributed by atoms with Gasteiger partial charge in [0.15, 0.2) is 0 Å². The van der Waals surface area contributed by atoms with Crippen LogP contribution in [-0.2, 0) is 0 Å². The summed E-state index contributed by atoms with van der Waals surface area (Å²) in [6, 6.07) is 1.34. The van der Waals surface area contributed by atoms with E-state index in [1.54, 1.807) is 6.42 Å². The summed E-state index contributed by atoms with van der Waals surface area (Å²) in [5.41, 5.74) is 6.40. The number of rotatable bonds is 3. The Balaban J connectivity index is 1.78. The number of hydrogen-bond acceptors (Lipinski definition) is 2. The molecule has 0 aromatic rings. The van der Waals surface area contributed by atoms with Gasteiger partial charge >= 0.3 is 0 Å². The molecular weight excluding hydrogens is 232 g/mol. The molecule has 2 N–H and O–H groups in total. The summed E-state index contributed by atoms with van der Waals surface area (Å²) in [7, 11) is 2.36. The van der Waals surface area contributed by atoms with E-state index >= 15 is 0 Å². The van der Waals surface area contributed by atoms with Crippen molar-refractivity contribution in [3.63, 3.8) is 0 Å². The number of nitrogens with two attached hydrogens (primary N) is 1. The maximum atomic E-state index is 6.11. The Bertz CT molecular complexity index is 303. The van der Waals surface area contributed by atoms with E-state index in [2.05, 4.69) is 32.7 Å². The maximum Gasteiger partial charge on any atom is 0.0266 e. The van der Waals surface area contributed by atoms with Gasteiger partial charge in [-0.05, 0) is 68.2 Å². The number of nitrogens with zero attached hydrogens (tertiary/aromatic N) is 1. The van der Waals surface area contributed by atoms with Crippen molar-refractivity contribution in [2.45, 2.75) is 65.0 Å². The van der Waals surface area contributed by atoms with Crippen LogP contribution in [0.15, 0.2) is 0 Å². The van der Waals surface area contributed by atoms with Gasteiger partial charge < -0.3 is 5.73 Å². The maximum absolute atomic E-state index is 6.11. The van der Waals surface area contributed by atoms with Gasteiger partial charge in [0.25, 0.3) is 0 Å². The molecule has 1 unspecified atom stereocenters. The second-order valence-electron chi connectivity index (χ2n) is 8.70. The summed E-state index contributed by atoms with van der Waals surface area (Å²) in [4.78, 5) is 2.69. The topological polar surface area (TPSA) is 29.3 Å². The molecule has 1 atom stereocenters. The smallest absolute Gasteiger partial charge is 0.0266 e. The third kappa shape index (κ3) is 2.35. The number of hydrogen-bond donors (Lipinski definition) is 1. The highest BCUT2D eigenvalue weighted by Gasteiger charge is 2.50. The molecule has 110 valence electrons. The second-order valence-corrected chi connectivity index (χ2v) is 8.70. The molecule has 0 aromatic heterocycles. The molecule has 4 saturated carbocycles. The average molecular weight is 264 g/mol. The third-order valence-electron chi connectivity index (χ3n) is 6.36. The molecular formula is C17H32N2. The normalized spacial score (nSPS) is 42.9. The van der Waals surface area contributed by atoms with Crippen LogP contribution in [-0.4, -0.2) is 30.6 Å². The van der Waals surface area contributed by atoms with Gasteiger partial charge in [-0.1, -0.05) is 20.8 Å². The molecule has 4 aliphatic rings. The Morgan fingerprint density at radius 3 is 1.84 bits per heavy atom. The average Bonchev–Trinajstić information content (AvgIpc) is 2.25. The zero-order chi connectivity index (χ0) is 13.8. The van der Waals surface area contributed by atoms with Crippen molar-refractivity contribution in [1.82, 2.24) is 4.90 Å². The molecule has 2 heteroatoms. The van der Waals surface area contributed by atoms with Gasteiger partial charge in [0.05, 0.1) is 0 Å². The highest BCUT2D eigenvalue weighted by Crippen LogP contribution is 2.55. The zero-order valence-corrected chi connectivity index (χ0v) is 13.2. The highest BCUT2D eigenvalue weighted by atomic mass is 15.2. The molecule has 0 amide bonds. The molecule has 0 radical (unpaired) electrons. The van der Waals surface area contributed by atoms with Crippen LogP contribution in [0.1, 0.15) is 52.9 Å². The molecule has 0 saturated heterocycles. The van der Waals surface area contributed by atoms with E-state index in [0.717, 1.165) is 36.3 Å². The van der Waals surface area contributed by atoms with Gasteiger partial charge in [-0.15, -0.1) is 0 Å². The molecule has 4 aliphatic carbocycles. The van der Waals surface area contributed by atoms with Gasteiger partial charge in [0.2, 0.25) is 0 Å². The Morgan fingerprint density at radius 2 is 1.47 bits per heavy atom. The quantitative estimate of drug-likeness (QED) is 0.848. The monoisotopic (exact) mass is 264 g/mol. The molecule has 4 rings (SSSR count). The van der Waals surface area contributed by atoms with Gasteiger partial charge in [-0.25, -0.2) is 0 Å². The van der Waals surface area contributed by atoms with Crippen LogP contribution in [0, 0.1) is 29.1 Å². The van der Waals surface area contributed by atoms with E-state index in [1.165, 1.54) is 25.7 Å². The van der Waals surface area contributed by atoms with Crippen LogP contribution >= 0.6 is 0 Å². The molecule has 0 aliphatic heterocycles. The van der Waals surface area contributed by atoms with Crippen molar-refractivity contribution in [3.8, 4) is 0 Å². The summed E-state index contributed by atoms with van der Waals surface area (Å²) in [6.07, 6.45) is 7.56. The van der Waals surface area contributed by atoms with Gasteiger partial charge in [-0.3, -0.25) is 4.90 Å². The van der Waals surface area contributed by atoms with Crippen molar-refractivity contribution in [2.24, 2.45) is 34.8 Å². The first-order valence-corrected chi connectivity index (χ1v) is 8.32. The molecule has 4 bridgehead atoms. The first-order chi connectivity index (χ1) is 8.90. The highest BCUT2D eigenvalue weighted by molar-refractivity contribution is 5.03. The summed E-state index contributed by atoms with van der Waals surface area (Å²) >= 11 is 0. The van der Waals surface area contributed by atoms with Crippen molar-refractivity contribution in [1.29, 1.82) is 0 Å². The Morgan fingerprint density at radius 1 is 1.00 bits per heavy atom. The van der Waals surface area contributed by atoms with Gasteiger partial charge in [0.1, 0.15) is 0 Å². The minimum atomic E-state index is 0.290. The largest absolute Gasteiger partial charge is 0.329 e. The van der Waals surface area contributed by atoms with E-state index in [1.807, 2.05) is 0 Å². The first-order valence-electron chi connectivity index (χ1n) is 8.32. The Labute approximate surface area is 119 Å². The summed E-state index contributed by atoms with van der Waals surface area (Å²) in [6.45, 7) is 7.83. The lowest BCUT2D eigenvalue weighted by Crippen LogP contribution is -2.60. The van der Waals surface area contributed by atoms with E-state index in [-0.39, 0.29) is 5.41 Å². The van der Waals surface area contributed by atoms with Crippen molar-refractivity contribution >= 4 is 0 Å². The zero-order valence-electron chi connectivity index (χ0n) is 13.2. The predicted octanol–water partition coefficient (Wildman–Crippen LogP) is 3.12. The van der Waals surface area contributed by atoms with Crippen molar-refractivity contribution in [2.75, 3.05) is 13.6 Å². The van der Waals surface area contributed by atoms with E-state index in [9.17, 15) is 0 Å². The molecule has 19 heavy (non-hydrogen) atoms. The Hall–Kier alpha value is -0.0800. The predicted molar refractivity (Wildman–Crippen MR) is 80.9 cm³/mol. The molecule has 4 fully saturated rings. The molecule has 0 spiro atoms. The lowest BCUT2D eigenvalue weighted by molar-refractivity contribution is -0.0810. The van der Waals surface area contributed by atoms with Crippen LogP contribution in [0.5, 0.6) is 0 Å². The molecule has 0 heterocycles. The minimum absolute atomic E-state index is 0.290. The number of likely N-dealkylation sites (N-methyl/N-ethyl adjacent to an activating group) is 1. The fourth-order valence-electron chi connectivity index (χ4n) is 5.90. The fraction of sp³-hybridized carbons (Fsp3) is 1.00. The SMILES string of the molecule is CN(C1C2CC3CC(C2)CC1C3)C(CN)C(C)(C)C. The van der Waals surface area contributed by atoms with E-state index < -0.39 is 0 Å². The van der Waals surface area contributed by atoms with Crippen LogP contribution < -0.4 is 5.73 Å². The minimum Gasteiger partial charge on any atom is -0.329 e. The lowest BCUT2D eigenvalue weighted by atomic mass is 9.53. The Kier molecular flexibility index (Phi) is 3.46. The third-order valence-corrected chi connectivity index (χ3v) is 6.36. The standard InChI is InChI=1S/C17H32N2/c1-17(2,3)15(10-18)19(4)16-13-6-11-5-12(8-13)9-14(16)7-11/h11-16H,5-10,18H2,1-4H3.